The Hall–Kier alpha value is -0.340. The van der Waals surface area contributed by atoms with Crippen molar-refractivity contribution in [3.05, 3.63) is 11.6 Å². The van der Waals surface area contributed by atoms with Crippen LogP contribution in [0.15, 0.2) is 11.6 Å². The number of fused-ring (bicyclic) bond motifs is 4. The first-order valence-corrected chi connectivity index (χ1v) is 11.4. The van der Waals surface area contributed by atoms with Gasteiger partial charge in [-0.15, -0.1) is 0 Å². The minimum absolute atomic E-state index is 0.519. The average molecular weight is 357 g/mol. The summed E-state index contributed by atoms with van der Waals surface area (Å²) in [6.07, 6.45) is 14.4. The van der Waals surface area contributed by atoms with Crippen molar-refractivity contribution in [3.8, 4) is 0 Å². The smallest absolute Gasteiger partial charge is 0.0127 e. The molecule has 0 radical (unpaired) electrons. The number of hydrogen-bond acceptors (Lipinski definition) is 2. The molecule has 2 nitrogen and oxygen atoms in total. The van der Waals surface area contributed by atoms with Crippen molar-refractivity contribution in [3.63, 3.8) is 0 Å². The van der Waals surface area contributed by atoms with E-state index in [0.29, 0.717) is 10.8 Å². The molecule has 0 amide bonds. The lowest BCUT2D eigenvalue weighted by Gasteiger charge is -2.58. The Morgan fingerprint density at radius 3 is 2.58 bits per heavy atom. The van der Waals surface area contributed by atoms with Gasteiger partial charge in [0.2, 0.25) is 0 Å². The van der Waals surface area contributed by atoms with E-state index in [4.69, 9.17) is 0 Å². The third-order valence-corrected chi connectivity index (χ3v) is 10.4. The molecule has 4 aliphatic carbocycles. The number of allylic oxidation sites excluding steroid dienone is 1. The van der Waals surface area contributed by atoms with E-state index in [0.717, 1.165) is 35.8 Å². The summed E-state index contributed by atoms with van der Waals surface area (Å²) >= 11 is 0. The summed E-state index contributed by atoms with van der Waals surface area (Å²) in [5.41, 5.74) is 3.04. The molecular formula is C24H40N2. The highest BCUT2D eigenvalue weighted by Gasteiger charge is 2.63. The summed E-state index contributed by atoms with van der Waals surface area (Å²) in [7, 11) is 6.95. The first-order valence-electron chi connectivity index (χ1n) is 11.4. The fraction of sp³-hybridized carbons (Fsp3) is 0.917. The van der Waals surface area contributed by atoms with E-state index in [1.807, 2.05) is 5.57 Å². The quantitative estimate of drug-likeness (QED) is 0.622. The molecule has 0 N–H and O–H groups in total. The van der Waals surface area contributed by atoms with Crippen LogP contribution in [0.1, 0.15) is 65.2 Å². The molecule has 0 aromatic heterocycles. The van der Waals surface area contributed by atoms with Gasteiger partial charge in [-0.3, -0.25) is 0 Å². The average Bonchev–Trinajstić information content (AvgIpc) is 3.08. The van der Waals surface area contributed by atoms with Crippen LogP contribution in [0.25, 0.3) is 0 Å². The molecule has 8 atom stereocenters. The zero-order chi connectivity index (χ0) is 18.3. The van der Waals surface area contributed by atoms with Crippen molar-refractivity contribution in [2.45, 2.75) is 77.3 Å². The number of nitrogens with zero attached hydrogens (tertiary/aromatic N) is 2. The van der Waals surface area contributed by atoms with E-state index in [1.165, 1.54) is 57.9 Å². The Morgan fingerprint density at radius 2 is 1.81 bits per heavy atom. The van der Waals surface area contributed by atoms with Crippen molar-refractivity contribution in [2.75, 3.05) is 27.7 Å². The molecule has 146 valence electrons. The first kappa shape index (κ1) is 17.7. The van der Waals surface area contributed by atoms with E-state index >= 15 is 0 Å². The van der Waals surface area contributed by atoms with Gasteiger partial charge in [0.1, 0.15) is 0 Å². The van der Waals surface area contributed by atoms with Crippen molar-refractivity contribution in [1.82, 2.24) is 9.80 Å². The van der Waals surface area contributed by atoms with Crippen LogP contribution in [-0.2, 0) is 0 Å². The third kappa shape index (κ3) is 2.18. The van der Waals surface area contributed by atoms with E-state index in [2.05, 4.69) is 50.9 Å². The fourth-order valence-corrected chi connectivity index (χ4v) is 8.88. The topological polar surface area (TPSA) is 6.48 Å². The predicted molar refractivity (Wildman–Crippen MR) is 109 cm³/mol. The van der Waals surface area contributed by atoms with Crippen molar-refractivity contribution >= 4 is 0 Å². The van der Waals surface area contributed by atoms with Crippen LogP contribution in [-0.4, -0.2) is 49.6 Å². The summed E-state index contributed by atoms with van der Waals surface area (Å²) in [6.45, 7) is 6.56. The number of rotatable bonds is 1. The highest BCUT2D eigenvalue weighted by Crippen LogP contribution is 2.68. The fourth-order valence-electron chi connectivity index (χ4n) is 8.88. The van der Waals surface area contributed by atoms with E-state index < -0.39 is 0 Å². The van der Waals surface area contributed by atoms with Gasteiger partial charge in [0.15, 0.2) is 0 Å². The normalized spacial score (nSPS) is 53.7. The van der Waals surface area contributed by atoms with E-state index in [9.17, 15) is 0 Å². The Balaban J connectivity index is 1.45. The second kappa shape index (κ2) is 5.83. The van der Waals surface area contributed by atoms with Gasteiger partial charge in [-0.1, -0.05) is 18.6 Å². The lowest BCUT2D eigenvalue weighted by molar-refractivity contribution is -0.0430. The van der Waals surface area contributed by atoms with Gasteiger partial charge in [-0.2, -0.15) is 0 Å². The molecule has 1 spiro atoms. The van der Waals surface area contributed by atoms with E-state index in [1.54, 1.807) is 0 Å². The number of hydrogen-bond donors (Lipinski definition) is 0. The van der Waals surface area contributed by atoms with Crippen molar-refractivity contribution in [1.29, 1.82) is 0 Å². The zero-order valence-corrected chi connectivity index (χ0v) is 17.8. The summed E-state index contributed by atoms with van der Waals surface area (Å²) < 4.78 is 0. The minimum Gasteiger partial charge on any atom is -0.306 e. The van der Waals surface area contributed by atoms with Gasteiger partial charge >= 0.3 is 0 Å². The van der Waals surface area contributed by atoms with Crippen molar-refractivity contribution in [2.24, 2.45) is 34.5 Å². The second-order valence-corrected chi connectivity index (χ2v) is 11.2. The standard InChI is InChI=1S/C24H40N2/c1-16-20-8-9-22-19-7-6-17-14-18(25(3)4)10-12-23(17,2)21(19)11-13-24(20,22)15-26(16)5/h6,16,18-22H,7-15H2,1-5H3/t16-,18-,19-,20-,21+,22+,23-,24+/m0/s1. The van der Waals surface area contributed by atoms with Gasteiger partial charge in [-0.25, -0.2) is 0 Å². The first-order chi connectivity index (χ1) is 12.4. The highest BCUT2D eigenvalue weighted by atomic mass is 15.2. The maximum Gasteiger partial charge on any atom is 0.0127 e. The van der Waals surface area contributed by atoms with Crippen LogP contribution in [0.4, 0.5) is 0 Å². The lowest BCUT2D eigenvalue weighted by Crippen LogP contribution is -2.52. The third-order valence-electron chi connectivity index (χ3n) is 10.4. The molecule has 4 fully saturated rings. The van der Waals surface area contributed by atoms with Gasteiger partial charge in [-0.05, 0) is 114 Å². The molecule has 1 heterocycles. The molecule has 5 aliphatic rings. The van der Waals surface area contributed by atoms with Crippen LogP contribution >= 0.6 is 0 Å². The maximum absolute atomic E-state index is 2.74. The molecule has 1 aliphatic heterocycles. The molecule has 5 rings (SSSR count). The van der Waals surface area contributed by atoms with Crippen molar-refractivity contribution < 1.29 is 0 Å². The summed E-state index contributed by atoms with van der Waals surface area (Å²) in [4.78, 5) is 5.17. The monoisotopic (exact) mass is 356 g/mol. The maximum atomic E-state index is 2.74. The largest absolute Gasteiger partial charge is 0.306 e. The second-order valence-electron chi connectivity index (χ2n) is 11.2. The Labute approximate surface area is 161 Å². The zero-order valence-electron chi connectivity index (χ0n) is 17.8. The molecule has 0 aromatic carbocycles. The molecule has 0 unspecified atom stereocenters. The number of likely N-dealkylation sites (tertiary alicyclic amines) is 1. The van der Waals surface area contributed by atoms with Crippen LogP contribution in [0.3, 0.4) is 0 Å². The van der Waals surface area contributed by atoms with Crippen LogP contribution in [0, 0.1) is 34.5 Å². The Morgan fingerprint density at radius 1 is 1.04 bits per heavy atom. The molecule has 3 saturated carbocycles. The lowest BCUT2D eigenvalue weighted by atomic mass is 9.47. The summed E-state index contributed by atoms with van der Waals surface area (Å²) in [5.74, 6) is 3.96. The molecule has 1 saturated heterocycles. The van der Waals surface area contributed by atoms with E-state index in [-0.39, 0.29) is 0 Å². The summed E-state index contributed by atoms with van der Waals surface area (Å²) in [5, 5.41) is 0. The van der Waals surface area contributed by atoms with Gasteiger partial charge in [0, 0.05) is 18.6 Å². The minimum atomic E-state index is 0.519. The highest BCUT2D eigenvalue weighted by molar-refractivity contribution is 5.26. The molecule has 0 aromatic rings. The Kier molecular flexibility index (Phi) is 3.98. The molecule has 0 bridgehead atoms. The van der Waals surface area contributed by atoms with Crippen LogP contribution < -0.4 is 0 Å². The molecule has 2 heteroatoms. The van der Waals surface area contributed by atoms with Gasteiger partial charge < -0.3 is 9.80 Å². The Bertz CT molecular complexity index is 609. The van der Waals surface area contributed by atoms with Crippen LogP contribution in [0.2, 0.25) is 0 Å². The SMILES string of the molecule is C[C@H]1[C@@H]2CC[C@@H]3[C@H]4CC=C5C[C@@H](N(C)C)CC[C@]5(C)[C@@H]4CC[C@]32CN1C. The molecule has 26 heavy (non-hydrogen) atoms. The van der Waals surface area contributed by atoms with Crippen LogP contribution in [0.5, 0.6) is 0 Å². The predicted octanol–water partition coefficient (Wildman–Crippen LogP) is 4.81. The van der Waals surface area contributed by atoms with Gasteiger partial charge in [0.05, 0.1) is 0 Å². The van der Waals surface area contributed by atoms with Gasteiger partial charge in [0.25, 0.3) is 0 Å². The molecular weight excluding hydrogens is 316 g/mol. The summed E-state index contributed by atoms with van der Waals surface area (Å²) in [6, 6.07) is 1.60.